The van der Waals surface area contributed by atoms with E-state index in [9.17, 15) is 4.79 Å². The summed E-state index contributed by atoms with van der Waals surface area (Å²) in [6.45, 7) is 5.85. The number of amides is 1. The number of thioether (sulfide) groups is 1. The molecule has 144 valence electrons. The molecule has 1 aromatic heterocycles. The Hall–Kier alpha value is -2.51. The Kier molecular flexibility index (Phi) is 5.03. The minimum Gasteiger partial charge on any atom is -0.325 e. The first-order valence-corrected chi connectivity index (χ1v) is 10.2. The summed E-state index contributed by atoms with van der Waals surface area (Å²) in [6.07, 6.45) is 0. The third kappa shape index (κ3) is 3.59. The van der Waals surface area contributed by atoms with Gasteiger partial charge in [0.15, 0.2) is 0 Å². The number of carbonyl (C=O) groups is 1. The fourth-order valence-electron chi connectivity index (χ4n) is 3.07. The molecule has 4 rings (SSSR count). The van der Waals surface area contributed by atoms with E-state index in [0.29, 0.717) is 15.9 Å². The van der Waals surface area contributed by atoms with Crippen LogP contribution in [-0.2, 0) is 4.79 Å². The standard InChI is InChI=1S/C20H20ClN5OS/c1-11-4-7-14(8-5-11)17-18(28-20-24-23-13(3)26(20)25-17)19(27)22-15-9-6-12(2)16(21)10-15/h4-10,17-18,25H,1-3H3,(H,22,27). The number of carbonyl (C=O) groups excluding carboxylic acids is 1. The van der Waals surface area contributed by atoms with Gasteiger partial charge in [0.25, 0.3) is 0 Å². The molecule has 0 saturated heterocycles. The van der Waals surface area contributed by atoms with E-state index in [1.54, 1.807) is 6.07 Å². The van der Waals surface area contributed by atoms with Crippen LogP contribution in [0.3, 0.4) is 0 Å². The predicted molar refractivity (Wildman–Crippen MR) is 113 cm³/mol. The molecule has 0 fully saturated rings. The maximum atomic E-state index is 13.2. The number of fused-ring (bicyclic) bond motifs is 1. The number of nitrogens with zero attached hydrogens (tertiary/aromatic N) is 3. The topological polar surface area (TPSA) is 71.8 Å². The van der Waals surface area contributed by atoms with Crippen LogP contribution in [0.15, 0.2) is 47.6 Å². The zero-order chi connectivity index (χ0) is 19.8. The minimum atomic E-state index is -0.418. The summed E-state index contributed by atoms with van der Waals surface area (Å²) < 4.78 is 1.84. The van der Waals surface area contributed by atoms with E-state index in [1.165, 1.54) is 17.3 Å². The van der Waals surface area contributed by atoms with Crippen molar-refractivity contribution in [2.24, 2.45) is 0 Å². The van der Waals surface area contributed by atoms with Gasteiger partial charge in [-0.2, -0.15) is 0 Å². The van der Waals surface area contributed by atoms with E-state index >= 15 is 0 Å². The number of nitrogens with one attached hydrogen (secondary N) is 2. The van der Waals surface area contributed by atoms with Crippen molar-refractivity contribution < 1.29 is 4.79 Å². The number of aromatic nitrogens is 3. The van der Waals surface area contributed by atoms with Crippen molar-refractivity contribution in [2.45, 2.75) is 37.2 Å². The van der Waals surface area contributed by atoms with Crippen molar-refractivity contribution in [1.29, 1.82) is 0 Å². The van der Waals surface area contributed by atoms with Gasteiger partial charge in [0, 0.05) is 10.7 Å². The van der Waals surface area contributed by atoms with Gasteiger partial charge in [-0.1, -0.05) is 59.3 Å². The first-order valence-electron chi connectivity index (χ1n) is 8.91. The first kappa shape index (κ1) is 18.8. The number of aryl methyl sites for hydroxylation is 3. The van der Waals surface area contributed by atoms with E-state index in [2.05, 4.69) is 20.9 Å². The Labute approximate surface area is 172 Å². The van der Waals surface area contributed by atoms with Crippen molar-refractivity contribution in [3.05, 3.63) is 70.0 Å². The van der Waals surface area contributed by atoms with Crippen molar-refractivity contribution in [3.63, 3.8) is 0 Å². The van der Waals surface area contributed by atoms with Crippen LogP contribution in [0.4, 0.5) is 5.69 Å². The lowest BCUT2D eigenvalue weighted by atomic mass is 10.0. The minimum absolute atomic E-state index is 0.116. The SMILES string of the molecule is Cc1ccc(C2Nn3c(C)nnc3SC2C(=O)Nc2ccc(C)c(Cl)c2)cc1. The molecule has 1 amide bonds. The van der Waals surface area contributed by atoms with E-state index in [1.807, 2.05) is 61.8 Å². The normalized spacial score (nSPS) is 18.3. The van der Waals surface area contributed by atoms with Gasteiger partial charge in [-0.3, -0.25) is 4.79 Å². The molecule has 2 aromatic carbocycles. The van der Waals surface area contributed by atoms with Crippen molar-refractivity contribution in [1.82, 2.24) is 14.9 Å². The van der Waals surface area contributed by atoms with E-state index in [0.717, 1.165) is 17.0 Å². The summed E-state index contributed by atoms with van der Waals surface area (Å²) in [5.74, 6) is 0.638. The molecule has 3 aromatic rings. The third-order valence-corrected chi connectivity index (χ3v) is 6.36. The Morgan fingerprint density at radius 1 is 1.14 bits per heavy atom. The van der Waals surface area contributed by atoms with Crippen molar-refractivity contribution in [2.75, 3.05) is 10.7 Å². The lowest BCUT2D eigenvalue weighted by Gasteiger charge is -2.32. The highest BCUT2D eigenvalue weighted by molar-refractivity contribution is 8.00. The molecule has 1 aliphatic rings. The summed E-state index contributed by atoms with van der Waals surface area (Å²) in [5.41, 5.74) is 7.24. The van der Waals surface area contributed by atoms with Crippen LogP contribution < -0.4 is 10.7 Å². The Morgan fingerprint density at radius 3 is 2.61 bits per heavy atom. The predicted octanol–water partition coefficient (Wildman–Crippen LogP) is 4.25. The van der Waals surface area contributed by atoms with Gasteiger partial charge in [0.05, 0.1) is 6.04 Å². The molecule has 0 radical (unpaired) electrons. The summed E-state index contributed by atoms with van der Waals surface area (Å²) in [4.78, 5) is 13.2. The van der Waals surface area contributed by atoms with Gasteiger partial charge in [0.1, 0.15) is 11.1 Å². The van der Waals surface area contributed by atoms with Gasteiger partial charge in [-0.25, -0.2) is 4.68 Å². The molecular weight excluding hydrogens is 394 g/mol. The Bertz CT molecular complexity index is 1030. The Balaban J connectivity index is 1.65. The van der Waals surface area contributed by atoms with Crippen LogP contribution in [0.1, 0.15) is 28.6 Å². The Morgan fingerprint density at radius 2 is 1.89 bits per heavy atom. The number of benzene rings is 2. The zero-order valence-electron chi connectivity index (χ0n) is 15.7. The van der Waals surface area contributed by atoms with Crippen LogP contribution in [0.5, 0.6) is 0 Å². The second kappa shape index (κ2) is 7.48. The average Bonchev–Trinajstić information content (AvgIpc) is 3.04. The molecule has 0 aliphatic carbocycles. The van der Waals surface area contributed by atoms with Gasteiger partial charge >= 0.3 is 0 Å². The molecule has 2 N–H and O–H groups in total. The third-order valence-electron chi connectivity index (χ3n) is 4.73. The molecule has 28 heavy (non-hydrogen) atoms. The lowest BCUT2D eigenvalue weighted by Crippen LogP contribution is -2.41. The van der Waals surface area contributed by atoms with Gasteiger partial charge in [0.2, 0.25) is 11.1 Å². The van der Waals surface area contributed by atoms with Crippen LogP contribution in [0.25, 0.3) is 0 Å². The molecule has 1 aliphatic heterocycles. The van der Waals surface area contributed by atoms with Crippen LogP contribution >= 0.6 is 23.4 Å². The van der Waals surface area contributed by atoms with Gasteiger partial charge in [-0.15, -0.1) is 10.2 Å². The maximum absolute atomic E-state index is 13.2. The molecule has 2 atom stereocenters. The van der Waals surface area contributed by atoms with Gasteiger partial charge < -0.3 is 10.7 Å². The summed E-state index contributed by atoms with van der Waals surface area (Å²) >= 11 is 7.60. The van der Waals surface area contributed by atoms with E-state index in [4.69, 9.17) is 11.6 Å². The lowest BCUT2D eigenvalue weighted by molar-refractivity contribution is -0.116. The second-order valence-electron chi connectivity index (χ2n) is 6.87. The number of rotatable bonds is 3. The fourth-order valence-corrected chi connectivity index (χ4v) is 4.37. The van der Waals surface area contributed by atoms with E-state index < -0.39 is 5.25 Å². The monoisotopic (exact) mass is 413 g/mol. The van der Waals surface area contributed by atoms with Gasteiger partial charge in [-0.05, 0) is 44.0 Å². The second-order valence-corrected chi connectivity index (χ2v) is 8.39. The molecule has 0 spiro atoms. The molecule has 2 unspecified atom stereocenters. The summed E-state index contributed by atoms with van der Waals surface area (Å²) in [5, 5.41) is 12.2. The molecule has 6 nitrogen and oxygen atoms in total. The van der Waals surface area contributed by atoms with Crippen molar-refractivity contribution in [3.8, 4) is 0 Å². The zero-order valence-corrected chi connectivity index (χ0v) is 17.3. The van der Waals surface area contributed by atoms with Crippen LogP contribution in [0.2, 0.25) is 5.02 Å². The number of hydrogen-bond donors (Lipinski definition) is 2. The maximum Gasteiger partial charge on any atom is 0.240 e. The van der Waals surface area contributed by atoms with Crippen LogP contribution in [-0.4, -0.2) is 26.0 Å². The number of halogens is 1. The fraction of sp³-hybridized carbons (Fsp3) is 0.250. The number of hydrogen-bond acceptors (Lipinski definition) is 5. The highest BCUT2D eigenvalue weighted by Gasteiger charge is 2.37. The summed E-state index contributed by atoms with van der Waals surface area (Å²) in [7, 11) is 0. The van der Waals surface area contributed by atoms with Crippen LogP contribution in [0, 0.1) is 20.8 Å². The highest BCUT2D eigenvalue weighted by Crippen LogP contribution is 2.37. The first-order chi connectivity index (χ1) is 13.4. The number of anilines is 1. The molecule has 8 heteroatoms. The molecule has 0 saturated carbocycles. The smallest absolute Gasteiger partial charge is 0.240 e. The molecular formula is C20H20ClN5OS. The van der Waals surface area contributed by atoms with E-state index in [-0.39, 0.29) is 11.9 Å². The molecule has 2 heterocycles. The van der Waals surface area contributed by atoms with Crippen molar-refractivity contribution >= 4 is 35.0 Å². The average molecular weight is 414 g/mol. The highest BCUT2D eigenvalue weighted by atomic mass is 35.5. The summed E-state index contributed by atoms with van der Waals surface area (Å²) in [6, 6.07) is 13.5. The molecule has 0 bridgehead atoms. The largest absolute Gasteiger partial charge is 0.325 e. The quantitative estimate of drug-likeness (QED) is 0.671.